The molecule has 0 saturated heterocycles. The number of rotatable bonds is 4. The van der Waals surface area contributed by atoms with Gasteiger partial charge in [-0.25, -0.2) is 9.59 Å². The lowest BCUT2D eigenvalue weighted by atomic mass is 10.0. The summed E-state index contributed by atoms with van der Waals surface area (Å²) in [6.07, 6.45) is -0.602. The molecule has 1 rings (SSSR count). The number of carbonyl (C=O) groups is 2. The van der Waals surface area contributed by atoms with Crippen LogP contribution in [0.1, 0.15) is 31.9 Å². The summed E-state index contributed by atoms with van der Waals surface area (Å²) < 4.78 is 5.08. The molecule has 0 aromatic heterocycles. The van der Waals surface area contributed by atoms with Crippen LogP contribution < -0.4 is 11.1 Å². The molecular formula is C17H22N2O4. The highest BCUT2D eigenvalue weighted by Gasteiger charge is 2.24. The van der Waals surface area contributed by atoms with Crippen LogP contribution in [0.2, 0.25) is 0 Å². The van der Waals surface area contributed by atoms with Crippen molar-refractivity contribution in [1.29, 1.82) is 0 Å². The fraction of sp³-hybridized carbons (Fsp3) is 0.412. The molecule has 0 saturated carbocycles. The van der Waals surface area contributed by atoms with Crippen molar-refractivity contribution in [2.45, 2.75) is 38.8 Å². The van der Waals surface area contributed by atoms with Crippen LogP contribution in [0.4, 0.5) is 4.79 Å². The monoisotopic (exact) mass is 318 g/mol. The molecule has 0 bridgehead atoms. The molecule has 23 heavy (non-hydrogen) atoms. The third-order valence-corrected chi connectivity index (χ3v) is 2.72. The maximum Gasteiger partial charge on any atom is 0.408 e. The fourth-order valence-electron chi connectivity index (χ4n) is 1.76. The Morgan fingerprint density at radius 3 is 2.39 bits per heavy atom. The molecule has 1 aromatic carbocycles. The fourth-order valence-corrected chi connectivity index (χ4v) is 1.76. The van der Waals surface area contributed by atoms with Crippen molar-refractivity contribution in [2.24, 2.45) is 5.73 Å². The number of nitrogens with one attached hydrogen (secondary N) is 1. The number of amides is 1. The van der Waals surface area contributed by atoms with Crippen LogP contribution in [-0.2, 0) is 16.0 Å². The third-order valence-electron chi connectivity index (χ3n) is 2.72. The Kier molecular flexibility index (Phi) is 6.61. The maximum absolute atomic E-state index is 11.7. The summed E-state index contributed by atoms with van der Waals surface area (Å²) in [5.74, 6) is 4.50. The predicted octanol–water partition coefficient (Wildman–Crippen LogP) is 1.52. The van der Waals surface area contributed by atoms with E-state index < -0.39 is 23.7 Å². The molecule has 0 fully saturated rings. The number of nitrogens with two attached hydrogens (primary N) is 1. The van der Waals surface area contributed by atoms with Crippen LogP contribution in [0, 0.1) is 11.8 Å². The van der Waals surface area contributed by atoms with Crippen molar-refractivity contribution in [3.05, 3.63) is 35.4 Å². The number of carboxylic acid groups (broad SMARTS) is 1. The van der Waals surface area contributed by atoms with E-state index in [1.165, 1.54) is 0 Å². The Morgan fingerprint density at radius 2 is 1.91 bits per heavy atom. The first-order chi connectivity index (χ1) is 10.7. The molecule has 4 N–H and O–H groups in total. The molecule has 0 aliphatic rings. The Labute approximate surface area is 136 Å². The highest BCUT2D eigenvalue weighted by atomic mass is 16.6. The van der Waals surface area contributed by atoms with E-state index in [1.54, 1.807) is 45.0 Å². The first kappa shape index (κ1) is 18.5. The van der Waals surface area contributed by atoms with Gasteiger partial charge in [0, 0.05) is 12.0 Å². The van der Waals surface area contributed by atoms with E-state index in [0.717, 1.165) is 11.1 Å². The van der Waals surface area contributed by atoms with Crippen molar-refractivity contribution < 1.29 is 19.4 Å². The van der Waals surface area contributed by atoms with Gasteiger partial charge >= 0.3 is 12.1 Å². The first-order valence-electron chi connectivity index (χ1n) is 7.21. The summed E-state index contributed by atoms with van der Waals surface area (Å²) in [4.78, 5) is 23.0. The molecule has 1 amide bonds. The molecular weight excluding hydrogens is 296 g/mol. The predicted molar refractivity (Wildman–Crippen MR) is 86.9 cm³/mol. The van der Waals surface area contributed by atoms with Crippen LogP contribution in [0.15, 0.2) is 24.3 Å². The molecule has 0 spiro atoms. The van der Waals surface area contributed by atoms with Crippen molar-refractivity contribution in [3.63, 3.8) is 0 Å². The van der Waals surface area contributed by atoms with Crippen molar-refractivity contribution in [3.8, 4) is 11.8 Å². The zero-order valence-corrected chi connectivity index (χ0v) is 13.6. The molecule has 1 atom stereocenters. The van der Waals surface area contributed by atoms with Gasteiger partial charge in [0.2, 0.25) is 0 Å². The quantitative estimate of drug-likeness (QED) is 0.731. The average molecular weight is 318 g/mol. The van der Waals surface area contributed by atoms with Gasteiger partial charge in [0.15, 0.2) is 0 Å². The van der Waals surface area contributed by atoms with Crippen LogP contribution in [0.25, 0.3) is 0 Å². The second kappa shape index (κ2) is 8.20. The number of hydrogen-bond donors (Lipinski definition) is 3. The highest BCUT2D eigenvalue weighted by Crippen LogP contribution is 2.09. The first-order valence-corrected chi connectivity index (χ1v) is 7.21. The second-order valence-electron chi connectivity index (χ2n) is 5.94. The van der Waals surface area contributed by atoms with Crippen molar-refractivity contribution in [1.82, 2.24) is 5.32 Å². The summed E-state index contributed by atoms with van der Waals surface area (Å²) in [6, 6.07) is 6.04. The van der Waals surface area contributed by atoms with Gasteiger partial charge < -0.3 is 20.9 Å². The minimum absolute atomic E-state index is 0.152. The topological polar surface area (TPSA) is 102 Å². The van der Waals surface area contributed by atoms with E-state index in [-0.39, 0.29) is 13.0 Å². The van der Waals surface area contributed by atoms with Crippen LogP contribution in [-0.4, -0.2) is 35.4 Å². The van der Waals surface area contributed by atoms with Crippen LogP contribution in [0.3, 0.4) is 0 Å². The molecule has 6 nitrogen and oxygen atoms in total. The summed E-state index contributed by atoms with van der Waals surface area (Å²) in [5, 5.41) is 11.6. The van der Waals surface area contributed by atoms with E-state index in [1.807, 2.05) is 0 Å². The molecule has 124 valence electrons. The highest BCUT2D eigenvalue weighted by molar-refractivity contribution is 5.80. The Balaban J connectivity index is 2.73. The SMILES string of the molecule is CC(C)(C)OC(=O)NC(Cc1ccc(C#CCN)cc1)C(=O)O. The smallest absolute Gasteiger partial charge is 0.408 e. The lowest BCUT2D eigenvalue weighted by Crippen LogP contribution is -2.44. The molecule has 0 aliphatic heterocycles. The lowest BCUT2D eigenvalue weighted by Gasteiger charge is -2.22. The van der Waals surface area contributed by atoms with Crippen molar-refractivity contribution in [2.75, 3.05) is 6.54 Å². The number of aliphatic carboxylic acids is 1. The number of alkyl carbamates (subject to hydrolysis) is 1. The summed E-state index contributed by atoms with van der Waals surface area (Å²) in [6.45, 7) is 5.42. The number of carbonyl (C=O) groups excluding carboxylic acids is 1. The van der Waals surface area contributed by atoms with Gasteiger partial charge in [-0.15, -0.1) is 0 Å². The molecule has 1 unspecified atom stereocenters. The van der Waals surface area contributed by atoms with Gasteiger partial charge in [-0.2, -0.15) is 0 Å². The van der Waals surface area contributed by atoms with Crippen molar-refractivity contribution >= 4 is 12.1 Å². The molecule has 0 radical (unpaired) electrons. The van der Waals surface area contributed by atoms with E-state index in [9.17, 15) is 14.7 Å². The van der Waals surface area contributed by atoms with Gasteiger partial charge in [-0.05, 0) is 38.5 Å². The van der Waals surface area contributed by atoms with Gasteiger partial charge in [0.25, 0.3) is 0 Å². The van der Waals surface area contributed by atoms with Gasteiger partial charge in [0.1, 0.15) is 11.6 Å². The Hall–Kier alpha value is -2.52. The van der Waals surface area contributed by atoms with Gasteiger partial charge in [-0.3, -0.25) is 0 Å². The summed E-state index contributed by atoms with van der Waals surface area (Å²) in [7, 11) is 0. The Morgan fingerprint density at radius 1 is 1.30 bits per heavy atom. The van der Waals surface area contributed by atoms with Gasteiger partial charge in [0.05, 0.1) is 6.54 Å². The largest absolute Gasteiger partial charge is 0.480 e. The number of ether oxygens (including phenoxy) is 1. The minimum Gasteiger partial charge on any atom is -0.480 e. The van der Waals surface area contributed by atoms with Crippen LogP contribution >= 0.6 is 0 Å². The zero-order chi connectivity index (χ0) is 17.5. The normalized spacial score (nSPS) is 11.8. The average Bonchev–Trinajstić information content (AvgIpc) is 2.43. The number of carboxylic acids is 1. The third kappa shape index (κ3) is 7.34. The minimum atomic E-state index is -1.12. The zero-order valence-electron chi connectivity index (χ0n) is 13.6. The maximum atomic E-state index is 11.7. The van der Waals surface area contributed by atoms with Crippen LogP contribution in [0.5, 0.6) is 0 Å². The number of hydrogen-bond acceptors (Lipinski definition) is 4. The molecule has 0 heterocycles. The summed E-state index contributed by atoms with van der Waals surface area (Å²) >= 11 is 0. The number of benzene rings is 1. The van der Waals surface area contributed by atoms with E-state index in [4.69, 9.17) is 10.5 Å². The molecule has 1 aromatic rings. The summed E-state index contributed by atoms with van der Waals surface area (Å²) in [5.41, 5.74) is 6.19. The Bertz CT molecular complexity index is 606. The van der Waals surface area contributed by atoms with E-state index in [0.29, 0.717) is 0 Å². The lowest BCUT2D eigenvalue weighted by molar-refractivity contribution is -0.139. The second-order valence-corrected chi connectivity index (χ2v) is 5.94. The molecule has 6 heteroatoms. The van der Waals surface area contributed by atoms with Gasteiger partial charge in [-0.1, -0.05) is 24.0 Å². The van der Waals surface area contributed by atoms with E-state index >= 15 is 0 Å². The van der Waals surface area contributed by atoms with E-state index in [2.05, 4.69) is 17.2 Å². The molecule has 0 aliphatic carbocycles. The standard InChI is InChI=1S/C17H22N2O4/c1-17(2,3)23-16(22)19-14(15(20)21)11-13-8-6-12(7-9-13)5-4-10-18/h6-9,14H,10-11,18H2,1-3H3,(H,19,22)(H,20,21).